The quantitative estimate of drug-likeness (QED) is 0.607. The maximum atomic E-state index is 12.5. The first-order valence-electron chi connectivity index (χ1n) is 9.37. The minimum Gasteiger partial charge on any atom is -0.473 e. The molecule has 1 aromatic carbocycles. The van der Waals surface area contributed by atoms with Crippen molar-refractivity contribution in [2.24, 2.45) is 5.92 Å². The van der Waals surface area contributed by atoms with Gasteiger partial charge in [-0.25, -0.2) is 9.97 Å². The van der Waals surface area contributed by atoms with E-state index in [9.17, 15) is 4.79 Å². The summed E-state index contributed by atoms with van der Waals surface area (Å²) in [7, 11) is 0. The van der Waals surface area contributed by atoms with Crippen LogP contribution in [0.4, 0.5) is 0 Å². The van der Waals surface area contributed by atoms with Crippen molar-refractivity contribution in [3.8, 4) is 5.88 Å². The van der Waals surface area contributed by atoms with Crippen LogP contribution in [0.3, 0.4) is 0 Å². The molecule has 0 aliphatic heterocycles. The van der Waals surface area contributed by atoms with E-state index >= 15 is 0 Å². The molecule has 28 heavy (non-hydrogen) atoms. The number of aromatic nitrogens is 2. The maximum Gasteiger partial charge on any atom is 0.263 e. The standard InChI is InChI=1S/C22H25N3O2S/c1-15(2)11-20-25-16(3)21(28-20)22(26)24-13-18-9-10-23-19(12-18)27-14-17-7-5-4-6-8-17/h4-10,12,15H,11,13-14H2,1-3H3,(H,24,26). The Morgan fingerprint density at radius 1 is 1.18 bits per heavy atom. The number of hydrogen-bond acceptors (Lipinski definition) is 5. The Kier molecular flexibility index (Phi) is 6.76. The van der Waals surface area contributed by atoms with Gasteiger partial charge in [0.15, 0.2) is 0 Å². The Morgan fingerprint density at radius 2 is 1.96 bits per heavy atom. The second-order valence-corrected chi connectivity index (χ2v) is 8.16. The third-order valence-corrected chi connectivity index (χ3v) is 5.29. The minimum absolute atomic E-state index is 0.0893. The number of pyridine rings is 1. The molecule has 0 saturated heterocycles. The highest BCUT2D eigenvalue weighted by atomic mass is 32.1. The van der Waals surface area contributed by atoms with Gasteiger partial charge in [0.25, 0.3) is 5.91 Å². The number of benzene rings is 1. The van der Waals surface area contributed by atoms with Gasteiger partial charge in [-0.05, 0) is 30.0 Å². The summed E-state index contributed by atoms with van der Waals surface area (Å²) in [6, 6.07) is 13.7. The molecule has 3 aromatic rings. The number of carbonyl (C=O) groups is 1. The molecular weight excluding hydrogens is 370 g/mol. The van der Waals surface area contributed by atoms with E-state index in [2.05, 4.69) is 29.1 Å². The van der Waals surface area contributed by atoms with Crippen molar-refractivity contribution >= 4 is 17.2 Å². The number of nitrogens with one attached hydrogen (secondary N) is 1. The number of rotatable bonds is 8. The lowest BCUT2D eigenvalue weighted by molar-refractivity contribution is 0.0954. The zero-order chi connectivity index (χ0) is 19.9. The summed E-state index contributed by atoms with van der Waals surface area (Å²) in [6.45, 7) is 7.06. The van der Waals surface area contributed by atoms with Crippen molar-refractivity contribution in [3.05, 3.63) is 75.4 Å². The molecular formula is C22H25N3O2S. The molecule has 0 radical (unpaired) electrons. The molecule has 0 fully saturated rings. The van der Waals surface area contributed by atoms with Gasteiger partial charge >= 0.3 is 0 Å². The van der Waals surface area contributed by atoms with Gasteiger partial charge in [-0.15, -0.1) is 11.3 Å². The zero-order valence-corrected chi connectivity index (χ0v) is 17.3. The van der Waals surface area contributed by atoms with Gasteiger partial charge in [-0.1, -0.05) is 44.2 Å². The molecule has 0 spiro atoms. The van der Waals surface area contributed by atoms with Gasteiger partial charge in [-0.3, -0.25) is 4.79 Å². The van der Waals surface area contributed by atoms with E-state index in [0.29, 0.717) is 29.8 Å². The fraction of sp³-hybridized carbons (Fsp3) is 0.318. The van der Waals surface area contributed by atoms with E-state index < -0.39 is 0 Å². The summed E-state index contributed by atoms with van der Waals surface area (Å²) in [5.74, 6) is 0.977. The molecule has 2 aromatic heterocycles. The van der Waals surface area contributed by atoms with Crippen LogP contribution in [0.15, 0.2) is 48.7 Å². The van der Waals surface area contributed by atoms with Crippen LogP contribution < -0.4 is 10.1 Å². The Balaban J connectivity index is 1.57. The highest BCUT2D eigenvalue weighted by Gasteiger charge is 2.15. The molecule has 0 unspecified atom stereocenters. The molecule has 0 aliphatic carbocycles. The van der Waals surface area contributed by atoms with Crippen molar-refractivity contribution in [2.45, 2.75) is 40.3 Å². The first-order chi connectivity index (χ1) is 13.5. The molecule has 6 heteroatoms. The lowest BCUT2D eigenvalue weighted by atomic mass is 10.1. The van der Waals surface area contributed by atoms with Crippen molar-refractivity contribution in [3.63, 3.8) is 0 Å². The first kappa shape index (κ1) is 20.0. The number of aryl methyl sites for hydroxylation is 1. The van der Waals surface area contributed by atoms with Crippen LogP contribution in [0.25, 0.3) is 0 Å². The molecule has 1 N–H and O–H groups in total. The van der Waals surface area contributed by atoms with E-state index in [1.165, 1.54) is 11.3 Å². The van der Waals surface area contributed by atoms with Crippen molar-refractivity contribution in [1.29, 1.82) is 0 Å². The SMILES string of the molecule is Cc1nc(CC(C)C)sc1C(=O)NCc1ccnc(OCc2ccccc2)c1. The van der Waals surface area contributed by atoms with Crippen molar-refractivity contribution < 1.29 is 9.53 Å². The summed E-state index contributed by atoms with van der Waals surface area (Å²) in [6.07, 6.45) is 2.59. The summed E-state index contributed by atoms with van der Waals surface area (Å²) in [5, 5.41) is 3.98. The summed E-state index contributed by atoms with van der Waals surface area (Å²) >= 11 is 1.48. The van der Waals surface area contributed by atoms with Gasteiger partial charge < -0.3 is 10.1 Å². The predicted molar refractivity (Wildman–Crippen MR) is 112 cm³/mol. The zero-order valence-electron chi connectivity index (χ0n) is 16.4. The topological polar surface area (TPSA) is 64.1 Å². The van der Waals surface area contributed by atoms with E-state index in [1.807, 2.05) is 49.4 Å². The molecule has 0 bridgehead atoms. The smallest absolute Gasteiger partial charge is 0.263 e. The summed E-state index contributed by atoms with van der Waals surface area (Å²) in [4.78, 5) is 22.0. The van der Waals surface area contributed by atoms with E-state index in [0.717, 1.165) is 28.2 Å². The molecule has 0 aliphatic rings. The van der Waals surface area contributed by atoms with E-state index in [-0.39, 0.29) is 5.91 Å². The van der Waals surface area contributed by atoms with Gasteiger partial charge in [0, 0.05) is 25.2 Å². The highest BCUT2D eigenvalue weighted by Crippen LogP contribution is 2.21. The van der Waals surface area contributed by atoms with Crippen LogP contribution >= 0.6 is 11.3 Å². The number of thiazole rings is 1. The number of amides is 1. The van der Waals surface area contributed by atoms with Crippen molar-refractivity contribution in [2.75, 3.05) is 0 Å². The maximum absolute atomic E-state index is 12.5. The lowest BCUT2D eigenvalue weighted by Crippen LogP contribution is -2.22. The van der Waals surface area contributed by atoms with E-state index in [1.54, 1.807) is 6.20 Å². The predicted octanol–water partition coefficient (Wildman–Crippen LogP) is 4.55. The normalized spacial score (nSPS) is 10.9. The number of carbonyl (C=O) groups excluding carboxylic acids is 1. The second-order valence-electron chi connectivity index (χ2n) is 7.08. The van der Waals surface area contributed by atoms with Gasteiger partial charge in [0.05, 0.1) is 10.7 Å². The molecule has 3 rings (SSSR count). The molecule has 1 amide bonds. The number of nitrogens with zero attached hydrogens (tertiary/aromatic N) is 2. The third kappa shape index (κ3) is 5.63. The first-order valence-corrected chi connectivity index (χ1v) is 10.2. The largest absolute Gasteiger partial charge is 0.473 e. The van der Waals surface area contributed by atoms with Gasteiger partial charge in [0.2, 0.25) is 5.88 Å². The fourth-order valence-corrected chi connectivity index (χ4v) is 3.93. The monoisotopic (exact) mass is 395 g/mol. The van der Waals surface area contributed by atoms with Crippen LogP contribution in [0, 0.1) is 12.8 Å². The average Bonchev–Trinajstić information content (AvgIpc) is 3.05. The second kappa shape index (κ2) is 9.46. The molecule has 0 atom stereocenters. The number of ether oxygens (including phenoxy) is 1. The van der Waals surface area contributed by atoms with Crippen LogP contribution in [-0.2, 0) is 19.6 Å². The summed E-state index contributed by atoms with van der Waals surface area (Å²) in [5.41, 5.74) is 2.82. The lowest BCUT2D eigenvalue weighted by Gasteiger charge is -2.08. The molecule has 0 saturated carbocycles. The Labute approximate surface area is 169 Å². The van der Waals surface area contributed by atoms with Crippen LogP contribution in [0.1, 0.15) is 45.3 Å². The Bertz CT molecular complexity index is 923. The van der Waals surface area contributed by atoms with Gasteiger partial charge in [-0.2, -0.15) is 0 Å². The van der Waals surface area contributed by atoms with Crippen LogP contribution in [0.5, 0.6) is 5.88 Å². The number of hydrogen-bond donors (Lipinski definition) is 1. The molecule has 146 valence electrons. The van der Waals surface area contributed by atoms with Crippen LogP contribution in [-0.4, -0.2) is 15.9 Å². The van der Waals surface area contributed by atoms with Crippen molar-refractivity contribution in [1.82, 2.24) is 15.3 Å². The fourth-order valence-electron chi connectivity index (χ4n) is 2.73. The van der Waals surface area contributed by atoms with Gasteiger partial charge in [0.1, 0.15) is 11.5 Å². The summed E-state index contributed by atoms with van der Waals surface area (Å²) < 4.78 is 5.75. The molecule has 5 nitrogen and oxygen atoms in total. The Morgan fingerprint density at radius 3 is 2.71 bits per heavy atom. The van der Waals surface area contributed by atoms with E-state index in [4.69, 9.17) is 4.74 Å². The third-order valence-electron chi connectivity index (χ3n) is 4.11. The Hall–Kier alpha value is -2.73. The minimum atomic E-state index is -0.0893. The average molecular weight is 396 g/mol. The highest BCUT2D eigenvalue weighted by molar-refractivity contribution is 7.13. The van der Waals surface area contributed by atoms with Crippen LogP contribution in [0.2, 0.25) is 0 Å². The molecule has 2 heterocycles.